The SMILES string of the molecule is C/C=C1/C=CC=CC1=NC(I)c1ccc(N(c2ccc(-c3ccc4c(c3)[C@H]3CC3C=N4)cc2)c2ccc(-c3ccc4ccccc4n3)cc2)cc1. The van der Waals surface area contributed by atoms with Gasteiger partial charge in [0, 0.05) is 40.1 Å². The lowest BCUT2D eigenvalue weighted by Crippen LogP contribution is -2.10. The Morgan fingerprint density at radius 1 is 0.745 bits per heavy atom. The smallest absolute Gasteiger partial charge is 0.127 e. The van der Waals surface area contributed by atoms with Crippen LogP contribution in [-0.2, 0) is 0 Å². The Morgan fingerprint density at radius 2 is 1.43 bits per heavy atom. The van der Waals surface area contributed by atoms with E-state index in [-0.39, 0.29) is 4.05 Å². The van der Waals surface area contributed by atoms with E-state index in [9.17, 15) is 0 Å². The van der Waals surface area contributed by atoms with Gasteiger partial charge < -0.3 is 4.90 Å². The van der Waals surface area contributed by atoms with Gasteiger partial charge in [0.25, 0.3) is 0 Å². The van der Waals surface area contributed by atoms with Crippen LogP contribution in [0.15, 0.2) is 173 Å². The van der Waals surface area contributed by atoms with Crippen LogP contribution >= 0.6 is 22.6 Å². The number of anilines is 3. The van der Waals surface area contributed by atoms with Crippen LogP contribution in [0.3, 0.4) is 0 Å². The summed E-state index contributed by atoms with van der Waals surface area (Å²) >= 11 is 2.43. The van der Waals surface area contributed by atoms with Crippen LogP contribution in [0.2, 0.25) is 0 Å². The number of alkyl halides is 1. The van der Waals surface area contributed by atoms with Gasteiger partial charge in [0.2, 0.25) is 0 Å². The van der Waals surface area contributed by atoms with Gasteiger partial charge in [-0.1, -0.05) is 114 Å². The Morgan fingerprint density at radius 3 is 2.20 bits per heavy atom. The highest BCUT2D eigenvalue weighted by Gasteiger charge is 2.40. The van der Waals surface area contributed by atoms with Crippen molar-refractivity contribution >= 4 is 68.2 Å². The quantitative estimate of drug-likeness (QED) is 0.0921. The molecule has 2 unspecified atom stereocenters. The Labute approximate surface area is 312 Å². The summed E-state index contributed by atoms with van der Waals surface area (Å²) < 4.78 is -0.00699. The van der Waals surface area contributed by atoms with Crippen molar-refractivity contribution in [3.05, 3.63) is 174 Å². The minimum absolute atomic E-state index is 0.00699. The third kappa shape index (κ3) is 6.27. The van der Waals surface area contributed by atoms with E-state index >= 15 is 0 Å². The van der Waals surface area contributed by atoms with E-state index in [0.717, 1.165) is 61.8 Å². The van der Waals surface area contributed by atoms with Crippen molar-refractivity contribution in [1.29, 1.82) is 0 Å². The summed E-state index contributed by atoms with van der Waals surface area (Å²) in [6.45, 7) is 2.06. The fourth-order valence-electron chi connectivity index (χ4n) is 7.15. The van der Waals surface area contributed by atoms with Crippen LogP contribution in [0.4, 0.5) is 22.7 Å². The molecule has 5 aromatic carbocycles. The highest BCUT2D eigenvalue weighted by Crippen LogP contribution is 2.53. The summed E-state index contributed by atoms with van der Waals surface area (Å²) in [5, 5.41) is 1.14. The molecule has 0 spiro atoms. The predicted molar refractivity (Wildman–Crippen MR) is 223 cm³/mol. The Hall–Kier alpha value is -5.40. The Kier molecular flexibility index (Phi) is 8.28. The van der Waals surface area contributed by atoms with E-state index in [4.69, 9.17) is 15.0 Å². The number of aromatic nitrogens is 1. The minimum atomic E-state index is -0.00699. The van der Waals surface area contributed by atoms with Crippen LogP contribution in [0, 0.1) is 5.92 Å². The van der Waals surface area contributed by atoms with E-state index < -0.39 is 0 Å². The van der Waals surface area contributed by atoms with Gasteiger partial charge in [0.15, 0.2) is 0 Å². The van der Waals surface area contributed by atoms with Crippen LogP contribution < -0.4 is 4.90 Å². The summed E-state index contributed by atoms with van der Waals surface area (Å²) in [5.41, 5.74) is 14.6. The third-order valence-electron chi connectivity index (χ3n) is 10.1. The molecule has 0 saturated heterocycles. The number of fused-ring (bicyclic) bond motifs is 4. The summed E-state index contributed by atoms with van der Waals surface area (Å²) in [4.78, 5) is 17.0. The molecule has 5 heteroatoms. The molecule has 4 nitrogen and oxygen atoms in total. The van der Waals surface area contributed by atoms with Crippen LogP contribution in [-0.4, -0.2) is 16.9 Å². The molecule has 1 saturated carbocycles. The molecule has 1 aliphatic heterocycles. The molecule has 6 aromatic rings. The molecule has 1 fully saturated rings. The number of hydrogen-bond acceptors (Lipinski definition) is 4. The highest BCUT2D eigenvalue weighted by molar-refractivity contribution is 14.1. The van der Waals surface area contributed by atoms with Crippen molar-refractivity contribution < 1.29 is 0 Å². The summed E-state index contributed by atoms with van der Waals surface area (Å²) in [6, 6.07) is 45.7. The van der Waals surface area contributed by atoms with Crippen molar-refractivity contribution in [3.8, 4) is 22.4 Å². The molecule has 0 amide bonds. The molecule has 0 radical (unpaired) electrons. The van der Waals surface area contributed by atoms with Crippen LogP contribution in [0.25, 0.3) is 33.3 Å². The molecule has 3 atom stereocenters. The van der Waals surface area contributed by atoms with Crippen molar-refractivity contribution in [3.63, 3.8) is 0 Å². The van der Waals surface area contributed by atoms with Crippen molar-refractivity contribution in [2.24, 2.45) is 15.9 Å². The number of para-hydroxylation sites is 1. The van der Waals surface area contributed by atoms with Crippen LogP contribution in [0.5, 0.6) is 0 Å². The van der Waals surface area contributed by atoms with Gasteiger partial charge in [-0.2, -0.15) is 0 Å². The second kappa shape index (κ2) is 13.4. The van der Waals surface area contributed by atoms with Gasteiger partial charge in [-0.25, -0.2) is 4.98 Å². The van der Waals surface area contributed by atoms with Crippen LogP contribution in [0.1, 0.15) is 34.4 Å². The van der Waals surface area contributed by atoms with Gasteiger partial charge in [0.05, 0.1) is 22.6 Å². The Bertz CT molecular complexity index is 2420. The van der Waals surface area contributed by atoms with Gasteiger partial charge in [-0.3, -0.25) is 9.98 Å². The average molecular weight is 771 g/mol. The summed E-state index contributed by atoms with van der Waals surface area (Å²) in [5.74, 6) is 1.26. The zero-order valence-corrected chi connectivity index (χ0v) is 30.4. The number of hydrogen-bond donors (Lipinski definition) is 0. The van der Waals surface area contributed by atoms with Gasteiger partial charge >= 0.3 is 0 Å². The summed E-state index contributed by atoms with van der Waals surface area (Å²) in [7, 11) is 0. The van der Waals surface area contributed by atoms with Gasteiger partial charge in [0.1, 0.15) is 4.05 Å². The molecule has 0 bridgehead atoms. The molecule has 0 N–H and O–H groups in total. The molecule has 51 heavy (non-hydrogen) atoms. The van der Waals surface area contributed by atoms with Gasteiger partial charge in [-0.15, -0.1) is 0 Å². The number of pyridine rings is 1. The van der Waals surface area contributed by atoms with E-state index in [1.807, 2.05) is 12.1 Å². The predicted octanol–water partition coefficient (Wildman–Crippen LogP) is 12.8. The number of rotatable bonds is 7. The fraction of sp³-hybridized carbons (Fsp3) is 0.109. The number of nitrogens with zero attached hydrogens (tertiary/aromatic N) is 4. The van der Waals surface area contributed by atoms with Crippen molar-refractivity contribution in [1.82, 2.24) is 4.98 Å². The largest absolute Gasteiger partial charge is 0.311 e. The number of allylic oxidation sites excluding steroid dienone is 6. The maximum absolute atomic E-state index is 5.05. The van der Waals surface area contributed by atoms with Crippen molar-refractivity contribution in [2.75, 3.05) is 4.90 Å². The van der Waals surface area contributed by atoms with E-state index in [1.165, 1.54) is 23.1 Å². The highest BCUT2D eigenvalue weighted by atomic mass is 127. The second-order valence-corrected chi connectivity index (χ2v) is 14.5. The molecule has 246 valence electrons. The zero-order valence-electron chi connectivity index (χ0n) is 28.2. The maximum atomic E-state index is 5.05. The maximum Gasteiger partial charge on any atom is 0.127 e. The fourth-order valence-corrected chi connectivity index (χ4v) is 7.86. The first kappa shape index (κ1) is 31.6. The first-order chi connectivity index (χ1) is 25.1. The first-order valence-corrected chi connectivity index (χ1v) is 18.7. The molecule has 2 heterocycles. The lowest BCUT2D eigenvalue weighted by atomic mass is 9.97. The number of halogens is 1. The van der Waals surface area contributed by atoms with E-state index in [1.54, 1.807) is 0 Å². The number of benzene rings is 5. The average Bonchev–Trinajstić information content (AvgIpc) is 4.00. The molecule has 3 aliphatic rings. The molecule has 2 aliphatic carbocycles. The standard InChI is InChI=1S/C46H35IN4/c1-2-30-7-3-5-9-42(30)50-46(47)34-15-23-39(24-16-34)51(38-21-13-33(14-22-38)44-25-17-32-8-4-6-10-43(32)49-44)37-19-11-31(12-20-37)35-18-26-45-41(27-35)40-28-36(40)29-48-45/h2-27,29,36,40,46H,28H2,1H3/b30-2-,50-42?/t36?,40-,46?/m0/s1. The number of aliphatic imine (C=N–C) groups is 2. The third-order valence-corrected chi connectivity index (χ3v) is 11.1. The van der Waals surface area contributed by atoms with Gasteiger partial charge in [-0.05, 0) is 114 Å². The topological polar surface area (TPSA) is 40.9 Å². The summed E-state index contributed by atoms with van der Waals surface area (Å²) in [6.07, 6.45) is 13.8. The normalized spacial score (nSPS) is 19.3. The zero-order chi connectivity index (χ0) is 34.3. The first-order valence-electron chi connectivity index (χ1n) is 17.5. The monoisotopic (exact) mass is 770 g/mol. The minimum Gasteiger partial charge on any atom is -0.311 e. The lowest BCUT2D eigenvalue weighted by Gasteiger charge is -2.26. The Balaban J connectivity index is 1.05. The second-order valence-electron chi connectivity index (χ2n) is 13.3. The van der Waals surface area contributed by atoms with E-state index in [0.29, 0.717) is 11.8 Å². The molecule has 9 rings (SSSR count). The molecule has 1 aromatic heterocycles. The molecular weight excluding hydrogens is 735 g/mol. The lowest BCUT2D eigenvalue weighted by molar-refractivity contribution is 1.04. The van der Waals surface area contributed by atoms with E-state index in [2.05, 4.69) is 186 Å². The van der Waals surface area contributed by atoms with Crippen molar-refractivity contribution in [2.45, 2.75) is 23.3 Å². The molecular formula is C46H35IN4.